The van der Waals surface area contributed by atoms with Crippen LogP contribution in [0.1, 0.15) is 0 Å². The first kappa shape index (κ1) is 18.6. The van der Waals surface area contributed by atoms with E-state index in [2.05, 4.69) is 15.6 Å². The molecule has 2 aromatic carbocycles. The zero-order valence-electron chi connectivity index (χ0n) is 13.5. The minimum absolute atomic E-state index is 0.176. The summed E-state index contributed by atoms with van der Waals surface area (Å²) in [5.74, 6) is -4.15. The molecule has 0 fully saturated rings. The van der Waals surface area contributed by atoms with Gasteiger partial charge in [0.05, 0.1) is 10.3 Å². The quantitative estimate of drug-likeness (QED) is 0.701. The molecule has 0 spiro atoms. The Kier molecular flexibility index (Phi) is 4.95. The Bertz CT molecular complexity index is 1160. The highest BCUT2D eigenvalue weighted by Gasteiger charge is 2.26. The third kappa shape index (κ3) is 3.82. The highest BCUT2D eigenvalue weighted by molar-refractivity contribution is 7.91. The van der Waals surface area contributed by atoms with Crippen molar-refractivity contribution in [1.82, 2.24) is 15.0 Å². The summed E-state index contributed by atoms with van der Waals surface area (Å²) < 4.78 is 48.6. The zero-order valence-corrected chi connectivity index (χ0v) is 14.4. The maximum absolute atomic E-state index is 12.5. The first-order valence-electron chi connectivity index (χ1n) is 7.53. The number of rotatable bonds is 5. The molecule has 1 amide bonds. The minimum Gasteiger partial charge on any atom is -0.324 e. The molecular weight excluding hydrogens is 382 g/mol. The van der Waals surface area contributed by atoms with Crippen LogP contribution >= 0.6 is 0 Å². The maximum Gasteiger partial charge on any atom is 0.341 e. The number of benzene rings is 2. The number of nitrogens with one attached hydrogen (secondary N) is 1. The van der Waals surface area contributed by atoms with Crippen molar-refractivity contribution in [3.8, 4) is 0 Å². The molecule has 0 atom stereocenters. The van der Waals surface area contributed by atoms with Gasteiger partial charge in [-0.3, -0.25) is 9.59 Å². The highest BCUT2D eigenvalue weighted by atomic mass is 32.2. The number of aromatic nitrogens is 3. The molecular formula is C16H12F2N4O4S. The lowest BCUT2D eigenvalue weighted by molar-refractivity contribution is -0.117. The van der Waals surface area contributed by atoms with E-state index in [1.54, 1.807) is 24.3 Å². The van der Waals surface area contributed by atoms with Crippen molar-refractivity contribution in [3.05, 3.63) is 58.9 Å². The largest absolute Gasteiger partial charge is 0.341 e. The van der Waals surface area contributed by atoms with Crippen molar-refractivity contribution in [2.24, 2.45) is 0 Å². The average molecular weight is 394 g/mol. The molecule has 1 aromatic heterocycles. The van der Waals surface area contributed by atoms with E-state index in [0.29, 0.717) is 10.9 Å². The summed E-state index contributed by atoms with van der Waals surface area (Å²) in [6.07, 6.45) is 0. The summed E-state index contributed by atoms with van der Waals surface area (Å²) in [7, 11) is -4.71. The molecule has 0 saturated heterocycles. The molecule has 0 bridgehead atoms. The number of fused-ring (bicyclic) bond motifs is 1. The Hall–Kier alpha value is -3.21. The highest BCUT2D eigenvalue weighted by Crippen LogP contribution is 2.20. The predicted molar refractivity (Wildman–Crippen MR) is 92.1 cm³/mol. The van der Waals surface area contributed by atoms with Crippen LogP contribution in [0.25, 0.3) is 10.9 Å². The van der Waals surface area contributed by atoms with Crippen molar-refractivity contribution in [1.29, 1.82) is 0 Å². The Labute approximate surface area is 151 Å². The van der Waals surface area contributed by atoms with Gasteiger partial charge in [-0.05, 0) is 36.4 Å². The lowest BCUT2D eigenvalue weighted by Gasteiger charge is -2.08. The fourth-order valence-electron chi connectivity index (χ4n) is 2.29. The SMILES string of the molecule is O=C(Cn1nnc2ccccc2c1=O)Nc1ccc(S(=O)(=O)C(F)F)cc1. The summed E-state index contributed by atoms with van der Waals surface area (Å²) in [5.41, 5.74) is 0.0825. The van der Waals surface area contributed by atoms with Crippen LogP contribution in [0, 0.1) is 0 Å². The number of sulfone groups is 1. The summed E-state index contributed by atoms with van der Waals surface area (Å²) >= 11 is 0. The second-order valence-electron chi connectivity index (χ2n) is 5.45. The number of alkyl halides is 2. The number of halogens is 2. The third-order valence-electron chi connectivity index (χ3n) is 3.62. The van der Waals surface area contributed by atoms with E-state index in [9.17, 15) is 26.8 Å². The lowest BCUT2D eigenvalue weighted by atomic mass is 10.2. The van der Waals surface area contributed by atoms with E-state index >= 15 is 0 Å². The Morgan fingerprint density at radius 3 is 2.44 bits per heavy atom. The summed E-state index contributed by atoms with van der Waals surface area (Å²) in [6, 6.07) is 10.8. The van der Waals surface area contributed by atoms with Crippen LogP contribution in [0.5, 0.6) is 0 Å². The van der Waals surface area contributed by atoms with Crippen LogP contribution in [0.3, 0.4) is 0 Å². The average Bonchev–Trinajstić information content (AvgIpc) is 2.64. The number of carbonyl (C=O) groups is 1. The van der Waals surface area contributed by atoms with Crippen LogP contribution in [0.2, 0.25) is 0 Å². The van der Waals surface area contributed by atoms with Crippen molar-refractivity contribution in [2.75, 3.05) is 5.32 Å². The number of anilines is 1. The van der Waals surface area contributed by atoms with Crippen LogP contribution in [0.15, 0.2) is 58.2 Å². The second kappa shape index (κ2) is 7.19. The van der Waals surface area contributed by atoms with Crippen LogP contribution < -0.4 is 10.9 Å². The van der Waals surface area contributed by atoms with Gasteiger partial charge in [-0.1, -0.05) is 17.3 Å². The summed E-state index contributed by atoms with van der Waals surface area (Å²) in [5, 5.41) is 10.3. The van der Waals surface area contributed by atoms with Crippen LogP contribution in [-0.4, -0.2) is 35.1 Å². The molecule has 0 saturated carbocycles. The molecule has 1 N–H and O–H groups in total. The minimum atomic E-state index is -4.71. The first-order chi connectivity index (χ1) is 12.8. The van der Waals surface area contributed by atoms with Gasteiger partial charge in [0.25, 0.3) is 5.56 Å². The molecule has 0 unspecified atom stereocenters. The molecule has 3 aromatic rings. The molecule has 3 rings (SSSR count). The van der Waals surface area contributed by atoms with Gasteiger partial charge in [0.1, 0.15) is 12.1 Å². The smallest absolute Gasteiger partial charge is 0.324 e. The summed E-state index contributed by atoms with van der Waals surface area (Å²) in [4.78, 5) is 23.8. The number of hydrogen-bond acceptors (Lipinski definition) is 6. The number of hydrogen-bond donors (Lipinski definition) is 1. The first-order valence-corrected chi connectivity index (χ1v) is 9.08. The lowest BCUT2D eigenvalue weighted by Crippen LogP contribution is -2.30. The summed E-state index contributed by atoms with van der Waals surface area (Å²) in [6.45, 7) is -0.423. The van der Waals surface area contributed by atoms with Gasteiger partial charge in [0, 0.05) is 5.69 Å². The van der Waals surface area contributed by atoms with Gasteiger partial charge in [-0.15, -0.1) is 5.10 Å². The third-order valence-corrected chi connectivity index (χ3v) is 5.02. The van der Waals surface area contributed by atoms with Gasteiger partial charge in [-0.2, -0.15) is 8.78 Å². The van der Waals surface area contributed by atoms with Gasteiger partial charge in [0.15, 0.2) is 0 Å². The fraction of sp³-hybridized carbons (Fsp3) is 0.125. The van der Waals surface area contributed by atoms with Crippen LogP contribution in [-0.2, 0) is 21.2 Å². The molecule has 27 heavy (non-hydrogen) atoms. The van der Waals surface area contributed by atoms with E-state index in [4.69, 9.17) is 0 Å². The number of amides is 1. The van der Waals surface area contributed by atoms with Gasteiger partial charge in [0.2, 0.25) is 15.7 Å². The Balaban J connectivity index is 1.75. The van der Waals surface area contributed by atoms with Crippen molar-refractivity contribution in [2.45, 2.75) is 17.2 Å². The Morgan fingerprint density at radius 1 is 1.11 bits per heavy atom. The molecule has 0 aliphatic heterocycles. The Morgan fingerprint density at radius 2 is 1.78 bits per heavy atom. The molecule has 0 aliphatic carbocycles. The maximum atomic E-state index is 12.5. The van der Waals surface area contributed by atoms with Crippen molar-refractivity contribution >= 4 is 32.3 Å². The van der Waals surface area contributed by atoms with E-state index in [1.165, 1.54) is 12.1 Å². The molecule has 1 heterocycles. The van der Waals surface area contributed by atoms with Crippen molar-refractivity contribution in [3.63, 3.8) is 0 Å². The van der Waals surface area contributed by atoms with Crippen molar-refractivity contribution < 1.29 is 22.0 Å². The monoisotopic (exact) mass is 394 g/mol. The number of carbonyl (C=O) groups excluding carboxylic acids is 1. The molecule has 140 valence electrons. The van der Waals surface area contributed by atoms with E-state index in [1.807, 2.05) is 0 Å². The molecule has 0 aliphatic rings. The zero-order chi connectivity index (χ0) is 19.6. The van der Waals surface area contributed by atoms with Crippen LogP contribution in [0.4, 0.5) is 14.5 Å². The fourth-order valence-corrected chi connectivity index (χ4v) is 3.02. The topological polar surface area (TPSA) is 111 Å². The molecule has 11 heteroatoms. The number of nitrogens with zero attached hydrogens (tertiary/aromatic N) is 3. The van der Waals surface area contributed by atoms with Gasteiger partial charge < -0.3 is 5.32 Å². The van der Waals surface area contributed by atoms with Gasteiger partial charge >= 0.3 is 5.76 Å². The predicted octanol–water partition coefficient (Wildman–Crippen LogP) is 1.43. The van der Waals surface area contributed by atoms with E-state index < -0.39 is 38.5 Å². The molecule has 8 nitrogen and oxygen atoms in total. The van der Waals surface area contributed by atoms with E-state index in [-0.39, 0.29) is 5.69 Å². The van der Waals surface area contributed by atoms with Gasteiger partial charge in [-0.25, -0.2) is 13.1 Å². The normalized spacial score (nSPS) is 11.7. The van der Waals surface area contributed by atoms with E-state index in [0.717, 1.165) is 16.8 Å². The second-order valence-corrected chi connectivity index (χ2v) is 7.37. The standard InChI is InChI=1S/C16H12F2N4O4S/c17-16(18)27(25,26)11-7-5-10(6-8-11)19-14(23)9-22-15(24)12-3-1-2-4-13(12)20-21-22/h1-8,16H,9H2,(H,19,23). The molecule has 0 radical (unpaired) electrons.